The van der Waals surface area contributed by atoms with E-state index in [2.05, 4.69) is 0 Å². The molecule has 0 radical (unpaired) electrons. The molecule has 146 valence electrons. The van der Waals surface area contributed by atoms with Gasteiger partial charge in [0.05, 0.1) is 12.7 Å². The fourth-order valence-electron chi connectivity index (χ4n) is 2.68. The van der Waals surface area contributed by atoms with E-state index in [0.29, 0.717) is 21.9 Å². The van der Waals surface area contributed by atoms with E-state index in [1.54, 1.807) is 66.7 Å². The molecule has 0 amide bonds. The van der Waals surface area contributed by atoms with Crippen molar-refractivity contribution in [1.29, 1.82) is 0 Å². The largest absolute Gasteiger partial charge is 0.497 e. The first-order valence-corrected chi connectivity index (χ1v) is 9.11. The van der Waals surface area contributed by atoms with Crippen LogP contribution in [0.2, 0.25) is 5.02 Å². The zero-order chi connectivity index (χ0) is 20.8. The van der Waals surface area contributed by atoms with Crippen LogP contribution in [0.1, 0.15) is 36.6 Å². The highest BCUT2D eigenvalue weighted by molar-refractivity contribution is 6.30. The van der Waals surface area contributed by atoms with Crippen molar-refractivity contribution in [3.63, 3.8) is 0 Å². The van der Waals surface area contributed by atoms with Gasteiger partial charge < -0.3 is 9.47 Å². The quantitative estimate of drug-likeness (QED) is 0.421. The first-order valence-electron chi connectivity index (χ1n) is 8.73. The van der Waals surface area contributed by atoms with Gasteiger partial charge in [0.15, 0.2) is 18.2 Å². The van der Waals surface area contributed by atoms with Crippen LogP contribution in [0, 0.1) is 0 Å². The number of methoxy groups -OCH3 is 1. The molecule has 3 aromatic rings. The molecule has 0 saturated heterocycles. The van der Waals surface area contributed by atoms with E-state index in [1.165, 1.54) is 13.2 Å². The normalized spacial score (nSPS) is 10.3. The molecule has 3 aromatic carbocycles. The zero-order valence-electron chi connectivity index (χ0n) is 15.6. The van der Waals surface area contributed by atoms with E-state index >= 15 is 0 Å². The molecular formula is C23H17ClO5. The second kappa shape index (κ2) is 9.17. The third kappa shape index (κ3) is 4.89. The van der Waals surface area contributed by atoms with Crippen LogP contribution in [0.5, 0.6) is 5.75 Å². The third-order valence-corrected chi connectivity index (χ3v) is 4.50. The Morgan fingerprint density at radius 1 is 0.793 bits per heavy atom. The Bertz CT molecular complexity index is 1040. The Morgan fingerprint density at radius 3 is 2.00 bits per heavy atom. The molecule has 0 aliphatic rings. The monoisotopic (exact) mass is 408 g/mol. The number of carbonyl (C=O) groups is 3. The Kier molecular flexibility index (Phi) is 6.42. The number of rotatable bonds is 7. The van der Waals surface area contributed by atoms with Gasteiger partial charge in [-0.15, -0.1) is 0 Å². The highest BCUT2D eigenvalue weighted by Crippen LogP contribution is 2.18. The van der Waals surface area contributed by atoms with Gasteiger partial charge in [-0.05, 0) is 54.6 Å². The smallest absolute Gasteiger partial charge is 0.339 e. The third-order valence-electron chi connectivity index (χ3n) is 4.24. The van der Waals surface area contributed by atoms with Crippen molar-refractivity contribution in [1.82, 2.24) is 0 Å². The molecule has 0 atom stereocenters. The molecule has 3 rings (SSSR count). The number of ketones is 2. The van der Waals surface area contributed by atoms with Gasteiger partial charge in [0.2, 0.25) is 0 Å². The number of benzene rings is 3. The minimum atomic E-state index is -0.746. The van der Waals surface area contributed by atoms with Gasteiger partial charge in [0.25, 0.3) is 0 Å². The van der Waals surface area contributed by atoms with Crippen LogP contribution in [0.3, 0.4) is 0 Å². The number of Topliss-reactive ketones (excluding diaryl/α,β-unsaturated/α-hetero) is 1. The van der Waals surface area contributed by atoms with Crippen molar-refractivity contribution >= 4 is 29.1 Å². The van der Waals surface area contributed by atoms with Gasteiger partial charge in [-0.25, -0.2) is 4.79 Å². The molecule has 0 aliphatic carbocycles. The van der Waals surface area contributed by atoms with Crippen LogP contribution >= 0.6 is 11.6 Å². The molecule has 0 aliphatic heterocycles. The van der Waals surface area contributed by atoms with Crippen molar-refractivity contribution in [3.8, 4) is 5.75 Å². The first-order chi connectivity index (χ1) is 14.0. The van der Waals surface area contributed by atoms with E-state index < -0.39 is 12.6 Å². The maximum atomic E-state index is 12.8. The van der Waals surface area contributed by atoms with Crippen molar-refractivity contribution in [3.05, 3.63) is 100 Å². The van der Waals surface area contributed by atoms with Crippen molar-refractivity contribution in [2.45, 2.75) is 0 Å². The lowest BCUT2D eigenvalue weighted by molar-refractivity contribution is 0.0473. The Hall–Kier alpha value is -3.44. The molecule has 0 unspecified atom stereocenters. The predicted octanol–water partition coefficient (Wildman–Crippen LogP) is 4.62. The minimum absolute atomic E-state index is 0.0926. The summed E-state index contributed by atoms with van der Waals surface area (Å²) >= 11 is 5.86. The molecule has 0 fully saturated rings. The topological polar surface area (TPSA) is 69.7 Å². The highest BCUT2D eigenvalue weighted by Gasteiger charge is 2.20. The fraction of sp³-hybridized carbons (Fsp3) is 0.0870. The number of carbonyl (C=O) groups excluding carboxylic acids is 3. The van der Waals surface area contributed by atoms with Gasteiger partial charge in [-0.2, -0.15) is 0 Å². The van der Waals surface area contributed by atoms with E-state index in [0.717, 1.165) is 0 Å². The molecule has 5 nitrogen and oxygen atoms in total. The number of hydrogen-bond donors (Lipinski definition) is 0. The van der Waals surface area contributed by atoms with Crippen LogP contribution in [-0.4, -0.2) is 31.3 Å². The SMILES string of the molecule is COc1ccc(C(=O)COC(=O)c2ccccc2C(=O)c2ccc(Cl)cc2)cc1. The van der Waals surface area contributed by atoms with Gasteiger partial charge in [-0.3, -0.25) is 9.59 Å². The maximum absolute atomic E-state index is 12.8. The fourth-order valence-corrected chi connectivity index (χ4v) is 2.81. The summed E-state index contributed by atoms with van der Waals surface area (Å²) in [5, 5.41) is 0.506. The Labute approximate surface area is 172 Å². The van der Waals surface area contributed by atoms with Gasteiger partial charge >= 0.3 is 5.97 Å². The average molecular weight is 409 g/mol. The zero-order valence-corrected chi connectivity index (χ0v) is 16.3. The van der Waals surface area contributed by atoms with Crippen molar-refractivity contribution in [2.75, 3.05) is 13.7 Å². The average Bonchev–Trinajstić information content (AvgIpc) is 2.77. The molecule has 0 spiro atoms. The summed E-state index contributed by atoms with van der Waals surface area (Å²) < 4.78 is 10.2. The lowest BCUT2D eigenvalue weighted by atomic mass is 9.98. The lowest BCUT2D eigenvalue weighted by Gasteiger charge is -2.09. The molecular weight excluding hydrogens is 392 g/mol. The first kappa shape index (κ1) is 20.3. The molecule has 6 heteroatoms. The van der Waals surface area contributed by atoms with Gasteiger partial charge in [0, 0.05) is 21.7 Å². The second-order valence-corrected chi connectivity index (χ2v) is 6.55. The molecule has 29 heavy (non-hydrogen) atoms. The van der Waals surface area contributed by atoms with Gasteiger partial charge in [0.1, 0.15) is 5.75 Å². The van der Waals surface area contributed by atoms with Gasteiger partial charge in [-0.1, -0.05) is 29.8 Å². The number of ether oxygens (including phenoxy) is 2. The number of hydrogen-bond acceptors (Lipinski definition) is 5. The van der Waals surface area contributed by atoms with E-state index in [9.17, 15) is 14.4 Å². The standard InChI is InChI=1S/C23H17ClO5/c1-28-18-12-8-15(9-13-18)21(25)14-29-23(27)20-5-3-2-4-19(20)22(26)16-6-10-17(24)11-7-16/h2-13H,14H2,1H3. The summed E-state index contributed by atoms with van der Waals surface area (Å²) in [5.74, 6) is -0.823. The van der Waals surface area contributed by atoms with Crippen LogP contribution < -0.4 is 4.74 Å². The van der Waals surface area contributed by atoms with Crippen LogP contribution in [0.4, 0.5) is 0 Å². The summed E-state index contributed by atoms with van der Waals surface area (Å²) in [6, 6.07) is 19.2. The summed E-state index contributed by atoms with van der Waals surface area (Å²) in [4.78, 5) is 37.6. The lowest BCUT2D eigenvalue weighted by Crippen LogP contribution is -2.17. The molecule has 0 bridgehead atoms. The number of esters is 1. The van der Waals surface area contributed by atoms with E-state index in [-0.39, 0.29) is 22.7 Å². The van der Waals surface area contributed by atoms with Crippen LogP contribution in [0.25, 0.3) is 0 Å². The van der Waals surface area contributed by atoms with E-state index in [4.69, 9.17) is 21.1 Å². The maximum Gasteiger partial charge on any atom is 0.339 e. The summed E-state index contributed by atoms with van der Waals surface area (Å²) in [6.45, 7) is -0.436. The minimum Gasteiger partial charge on any atom is -0.497 e. The highest BCUT2D eigenvalue weighted by atomic mass is 35.5. The molecule has 0 heterocycles. The Balaban J connectivity index is 1.73. The Morgan fingerprint density at radius 2 is 1.38 bits per heavy atom. The molecule has 0 aromatic heterocycles. The van der Waals surface area contributed by atoms with Crippen LogP contribution in [-0.2, 0) is 4.74 Å². The number of halogens is 1. The molecule has 0 saturated carbocycles. The second-order valence-electron chi connectivity index (χ2n) is 6.11. The van der Waals surface area contributed by atoms with E-state index in [1.807, 2.05) is 0 Å². The molecule has 0 N–H and O–H groups in total. The van der Waals surface area contributed by atoms with Crippen molar-refractivity contribution in [2.24, 2.45) is 0 Å². The van der Waals surface area contributed by atoms with Crippen LogP contribution in [0.15, 0.2) is 72.8 Å². The predicted molar refractivity (Wildman–Crippen MR) is 109 cm³/mol. The van der Waals surface area contributed by atoms with Crippen molar-refractivity contribution < 1.29 is 23.9 Å². The summed E-state index contributed by atoms with van der Waals surface area (Å²) in [7, 11) is 1.53. The summed E-state index contributed by atoms with van der Waals surface area (Å²) in [5.41, 5.74) is 1.07. The summed E-state index contributed by atoms with van der Waals surface area (Å²) in [6.07, 6.45) is 0.